The summed E-state index contributed by atoms with van der Waals surface area (Å²) in [4.78, 5) is 17.3. The van der Waals surface area contributed by atoms with Crippen LogP contribution in [0.4, 0.5) is 0 Å². The molecule has 0 atom stereocenters. The predicted molar refractivity (Wildman–Crippen MR) is 128 cm³/mol. The molecule has 0 aliphatic carbocycles. The molecule has 1 amide bonds. The summed E-state index contributed by atoms with van der Waals surface area (Å²) < 4.78 is 32.6. The van der Waals surface area contributed by atoms with E-state index in [9.17, 15) is 13.2 Å². The lowest BCUT2D eigenvalue weighted by molar-refractivity contribution is -0.134. The summed E-state index contributed by atoms with van der Waals surface area (Å²) in [6.07, 6.45) is 0. The van der Waals surface area contributed by atoms with Gasteiger partial charge in [-0.3, -0.25) is 9.69 Å². The molecule has 2 heterocycles. The molecule has 1 saturated heterocycles. The first-order valence-electron chi connectivity index (χ1n) is 11.4. The molecule has 3 aromatic rings. The molecule has 1 aliphatic rings. The average molecular weight is 483 g/mol. The molecule has 180 valence electrons. The molecule has 0 saturated carbocycles. The Morgan fingerprint density at radius 1 is 0.912 bits per heavy atom. The molecular formula is C25H30N4O4S. The van der Waals surface area contributed by atoms with E-state index in [1.807, 2.05) is 70.5 Å². The number of amides is 1. The van der Waals surface area contributed by atoms with Crippen LogP contribution in [-0.2, 0) is 27.9 Å². The van der Waals surface area contributed by atoms with Crippen LogP contribution in [0.25, 0.3) is 0 Å². The van der Waals surface area contributed by atoms with Gasteiger partial charge in [0.15, 0.2) is 5.76 Å². The van der Waals surface area contributed by atoms with Crippen LogP contribution in [0.3, 0.4) is 0 Å². The molecule has 0 bridgehead atoms. The summed E-state index contributed by atoms with van der Waals surface area (Å²) in [6, 6.07) is 19.9. The lowest BCUT2D eigenvalue weighted by Crippen LogP contribution is -2.51. The van der Waals surface area contributed by atoms with Gasteiger partial charge in [-0.1, -0.05) is 65.8 Å². The van der Waals surface area contributed by atoms with Crippen molar-refractivity contribution in [2.24, 2.45) is 0 Å². The first-order chi connectivity index (χ1) is 16.3. The predicted octanol–water partition coefficient (Wildman–Crippen LogP) is 2.83. The maximum atomic E-state index is 13.3. The molecule has 8 nitrogen and oxygen atoms in total. The molecule has 1 fully saturated rings. The van der Waals surface area contributed by atoms with Crippen LogP contribution in [0, 0.1) is 13.8 Å². The number of hydrogen-bond donors (Lipinski definition) is 0. The maximum Gasteiger partial charge on any atom is 0.248 e. The van der Waals surface area contributed by atoms with Gasteiger partial charge in [0.2, 0.25) is 15.9 Å². The minimum Gasteiger partial charge on any atom is -0.360 e. The number of sulfonamides is 1. The van der Waals surface area contributed by atoms with E-state index < -0.39 is 10.0 Å². The van der Waals surface area contributed by atoms with Crippen LogP contribution in [0.2, 0.25) is 0 Å². The van der Waals surface area contributed by atoms with Gasteiger partial charge in [0.05, 0.1) is 6.54 Å². The molecule has 0 N–H and O–H groups in total. The third-order valence-electron chi connectivity index (χ3n) is 6.04. The van der Waals surface area contributed by atoms with Crippen LogP contribution in [-0.4, -0.2) is 66.3 Å². The molecule has 0 radical (unpaired) electrons. The lowest BCUT2D eigenvalue weighted by Gasteiger charge is -2.34. The molecule has 4 rings (SSSR count). The van der Waals surface area contributed by atoms with Gasteiger partial charge >= 0.3 is 0 Å². The van der Waals surface area contributed by atoms with Gasteiger partial charge in [-0.2, -0.15) is 4.31 Å². The average Bonchev–Trinajstić information content (AvgIpc) is 3.19. The Morgan fingerprint density at radius 3 is 1.91 bits per heavy atom. The van der Waals surface area contributed by atoms with E-state index >= 15 is 0 Å². The number of carbonyl (C=O) groups excluding carboxylic acids is 1. The number of rotatable bonds is 8. The van der Waals surface area contributed by atoms with Gasteiger partial charge in [-0.05, 0) is 25.0 Å². The number of carbonyl (C=O) groups is 1. The highest BCUT2D eigenvalue weighted by atomic mass is 32.2. The van der Waals surface area contributed by atoms with E-state index in [4.69, 9.17) is 4.52 Å². The van der Waals surface area contributed by atoms with Gasteiger partial charge in [-0.15, -0.1) is 0 Å². The second-order valence-corrected chi connectivity index (χ2v) is 10.4. The summed E-state index contributed by atoms with van der Waals surface area (Å²) in [7, 11) is -3.67. The number of aryl methyl sites for hydroxylation is 2. The van der Waals surface area contributed by atoms with Crippen molar-refractivity contribution in [2.75, 3.05) is 32.7 Å². The standard InChI is InChI=1S/C25H30N4O4S/c1-20-25(21(2)33-26-20)34(31,32)29-15-13-27(14-16-29)19-24(30)28(17-22-9-5-3-6-10-22)18-23-11-7-4-8-12-23/h3-12H,13-19H2,1-2H3. The Hall–Kier alpha value is -3.01. The second-order valence-electron chi connectivity index (χ2n) is 8.55. The largest absolute Gasteiger partial charge is 0.360 e. The van der Waals surface area contributed by atoms with Crippen LogP contribution < -0.4 is 0 Å². The molecule has 0 spiro atoms. The van der Waals surface area contributed by atoms with Gasteiger partial charge in [0, 0.05) is 39.3 Å². The van der Waals surface area contributed by atoms with Crippen molar-refractivity contribution in [3.05, 3.63) is 83.2 Å². The van der Waals surface area contributed by atoms with Gasteiger partial charge in [-0.25, -0.2) is 8.42 Å². The topological polar surface area (TPSA) is 87.0 Å². The Labute approximate surface area is 200 Å². The zero-order valence-electron chi connectivity index (χ0n) is 19.6. The number of benzene rings is 2. The summed E-state index contributed by atoms with van der Waals surface area (Å²) in [5.41, 5.74) is 2.51. The summed E-state index contributed by atoms with van der Waals surface area (Å²) in [5, 5.41) is 3.78. The van der Waals surface area contributed by atoms with Gasteiger partial charge in [0.1, 0.15) is 10.6 Å². The fourth-order valence-electron chi connectivity index (χ4n) is 4.23. The molecule has 2 aromatic carbocycles. The molecule has 9 heteroatoms. The number of hydrogen-bond acceptors (Lipinski definition) is 6. The maximum absolute atomic E-state index is 13.3. The molecule has 34 heavy (non-hydrogen) atoms. The Bertz CT molecular complexity index is 1140. The van der Waals surface area contributed by atoms with E-state index in [2.05, 4.69) is 5.16 Å². The lowest BCUT2D eigenvalue weighted by atomic mass is 10.1. The van der Waals surface area contributed by atoms with Crippen LogP contribution in [0.5, 0.6) is 0 Å². The number of piperazine rings is 1. The molecular weight excluding hydrogens is 452 g/mol. The number of aromatic nitrogens is 1. The third-order valence-corrected chi connectivity index (χ3v) is 8.18. The van der Waals surface area contributed by atoms with E-state index in [1.165, 1.54) is 4.31 Å². The summed E-state index contributed by atoms with van der Waals surface area (Å²) in [5.74, 6) is 0.322. The molecule has 1 aliphatic heterocycles. The van der Waals surface area contributed by atoms with Gasteiger partial charge in [0.25, 0.3) is 0 Å². The zero-order valence-corrected chi connectivity index (χ0v) is 20.4. The van der Waals surface area contributed by atoms with Crippen molar-refractivity contribution in [1.82, 2.24) is 19.3 Å². The highest BCUT2D eigenvalue weighted by Crippen LogP contribution is 2.24. The molecule has 0 unspecified atom stereocenters. The van der Waals surface area contributed by atoms with E-state index in [0.29, 0.717) is 50.7 Å². The quantitative estimate of drug-likeness (QED) is 0.491. The van der Waals surface area contributed by atoms with Crippen LogP contribution >= 0.6 is 0 Å². The van der Waals surface area contributed by atoms with Crippen molar-refractivity contribution in [3.63, 3.8) is 0 Å². The minimum absolute atomic E-state index is 0.0229. The van der Waals surface area contributed by atoms with E-state index in [1.54, 1.807) is 13.8 Å². The van der Waals surface area contributed by atoms with Crippen LogP contribution in [0.1, 0.15) is 22.6 Å². The summed E-state index contributed by atoms with van der Waals surface area (Å²) >= 11 is 0. The fourth-order valence-corrected chi connectivity index (χ4v) is 5.94. The zero-order chi connectivity index (χ0) is 24.1. The SMILES string of the molecule is Cc1noc(C)c1S(=O)(=O)N1CCN(CC(=O)N(Cc2ccccc2)Cc2ccccc2)CC1. The monoisotopic (exact) mass is 482 g/mol. The highest BCUT2D eigenvalue weighted by molar-refractivity contribution is 7.89. The van der Waals surface area contributed by atoms with Crippen LogP contribution in [0.15, 0.2) is 70.1 Å². The Balaban J connectivity index is 1.40. The third kappa shape index (κ3) is 5.55. The van der Waals surface area contributed by atoms with E-state index in [-0.39, 0.29) is 17.3 Å². The van der Waals surface area contributed by atoms with Crippen molar-refractivity contribution in [1.29, 1.82) is 0 Å². The number of nitrogens with zero attached hydrogens (tertiary/aromatic N) is 4. The van der Waals surface area contributed by atoms with Crippen molar-refractivity contribution in [2.45, 2.75) is 31.8 Å². The Kier molecular flexibility index (Phi) is 7.45. The second kappa shape index (κ2) is 10.5. The normalized spacial score (nSPS) is 15.4. The van der Waals surface area contributed by atoms with E-state index in [0.717, 1.165) is 11.1 Å². The minimum atomic E-state index is -3.67. The highest BCUT2D eigenvalue weighted by Gasteiger charge is 2.33. The van der Waals surface area contributed by atoms with Gasteiger partial charge < -0.3 is 9.42 Å². The van der Waals surface area contributed by atoms with Crippen molar-refractivity contribution < 1.29 is 17.7 Å². The smallest absolute Gasteiger partial charge is 0.248 e. The first-order valence-corrected chi connectivity index (χ1v) is 12.8. The first kappa shape index (κ1) is 24.1. The fraction of sp³-hybridized carbons (Fsp3) is 0.360. The summed E-state index contributed by atoms with van der Waals surface area (Å²) in [6.45, 7) is 6.14. The molecule has 1 aromatic heterocycles. The Morgan fingerprint density at radius 2 is 1.44 bits per heavy atom. The van der Waals surface area contributed by atoms with Crippen molar-refractivity contribution in [3.8, 4) is 0 Å². The van der Waals surface area contributed by atoms with Crippen molar-refractivity contribution >= 4 is 15.9 Å².